The Labute approximate surface area is 111 Å². The largest absolute Gasteiger partial charge is 0.382 e. The van der Waals surface area contributed by atoms with Crippen LogP contribution in [0, 0.1) is 0 Å². The zero-order chi connectivity index (χ0) is 12.4. The second-order valence-electron chi connectivity index (χ2n) is 4.87. The van der Waals surface area contributed by atoms with Gasteiger partial charge in [0, 0.05) is 34.2 Å². The van der Waals surface area contributed by atoms with Gasteiger partial charge in [0.25, 0.3) is 0 Å². The van der Waals surface area contributed by atoms with E-state index in [0.29, 0.717) is 0 Å². The Morgan fingerprint density at radius 2 is 2.06 bits per heavy atom. The van der Waals surface area contributed by atoms with Crippen LogP contribution in [0.15, 0.2) is 30.5 Å². The second-order valence-corrected chi connectivity index (χ2v) is 6.10. The van der Waals surface area contributed by atoms with Gasteiger partial charge in [-0.15, -0.1) is 0 Å². The number of aliphatic hydroxyl groups excluding tert-OH is 1. The number of para-hydroxylation sites is 1. The Morgan fingerprint density at radius 1 is 1.28 bits per heavy atom. The Balaban J connectivity index is 1.76. The van der Waals surface area contributed by atoms with E-state index in [-0.39, 0.29) is 6.10 Å². The van der Waals surface area contributed by atoms with Crippen LogP contribution in [-0.4, -0.2) is 41.2 Å². The number of H-pyrrole nitrogens is 1. The highest BCUT2D eigenvalue weighted by Crippen LogP contribution is 2.23. The molecule has 0 aliphatic carbocycles. The van der Waals surface area contributed by atoms with E-state index in [2.05, 4.69) is 17.1 Å². The van der Waals surface area contributed by atoms with Crippen molar-refractivity contribution in [2.45, 2.75) is 6.10 Å². The fourth-order valence-corrected chi connectivity index (χ4v) is 3.69. The van der Waals surface area contributed by atoms with Gasteiger partial charge in [-0.05, 0) is 6.07 Å². The maximum atomic E-state index is 10.4. The fraction of sp³-hybridized carbons (Fsp3) is 0.429. The summed E-state index contributed by atoms with van der Waals surface area (Å²) in [5.41, 5.74) is 2.15. The van der Waals surface area contributed by atoms with E-state index in [9.17, 15) is 5.11 Å². The molecule has 0 bridgehead atoms. The molecule has 0 amide bonds. The van der Waals surface area contributed by atoms with E-state index in [1.54, 1.807) is 0 Å². The molecular weight excluding hydrogens is 244 g/mol. The number of benzene rings is 1. The molecule has 0 unspecified atom stereocenters. The molecule has 2 heterocycles. The first-order chi connectivity index (χ1) is 8.84. The molecule has 3 rings (SSSR count). The molecule has 1 aliphatic rings. The van der Waals surface area contributed by atoms with E-state index < -0.39 is 0 Å². The summed E-state index contributed by atoms with van der Waals surface area (Å²) in [5, 5.41) is 11.6. The molecular formula is C14H19N2OS+. The number of nitrogens with one attached hydrogen (secondary N) is 2. The first-order valence-electron chi connectivity index (χ1n) is 6.50. The quantitative estimate of drug-likeness (QED) is 0.768. The molecule has 1 aromatic heterocycles. The van der Waals surface area contributed by atoms with Crippen molar-refractivity contribution in [2.75, 3.05) is 31.1 Å². The SMILES string of the molecule is O[C@@H](C[NH+]1CCSCC1)c1c[nH]c2ccccc12. The monoisotopic (exact) mass is 263 g/mol. The van der Waals surface area contributed by atoms with E-state index in [0.717, 1.165) is 23.0 Å². The molecule has 1 atom stereocenters. The van der Waals surface area contributed by atoms with E-state index in [4.69, 9.17) is 0 Å². The van der Waals surface area contributed by atoms with Crippen molar-refractivity contribution in [1.29, 1.82) is 0 Å². The van der Waals surface area contributed by atoms with Gasteiger partial charge in [0.05, 0.1) is 13.1 Å². The van der Waals surface area contributed by atoms with Crippen molar-refractivity contribution in [3.05, 3.63) is 36.0 Å². The van der Waals surface area contributed by atoms with E-state index in [1.165, 1.54) is 29.5 Å². The maximum Gasteiger partial charge on any atom is 0.130 e. The van der Waals surface area contributed by atoms with Crippen molar-refractivity contribution < 1.29 is 10.0 Å². The van der Waals surface area contributed by atoms with Crippen LogP contribution in [0.3, 0.4) is 0 Å². The zero-order valence-electron chi connectivity index (χ0n) is 10.4. The number of thioether (sulfide) groups is 1. The molecule has 3 nitrogen and oxygen atoms in total. The molecule has 2 aromatic rings. The van der Waals surface area contributed by atoms with Crippen LogP contribution in [0.4, 0.5) is 0 Å². The lowest BCUT2D eigenvalue weighted by molar-refractivity contribution is -0.900. The van der Waals surface area contributed by atoms with Gasteiger partial charge in [-0.1, -0.05) is 18.2 Å². The van der Waals surface area contributed by atoms with Gasteiger partial charge < -0.3 is 15.0 Å². The van der Waals surface area contributed by atoms with Crippen molar-refractivity contribution >= 4 is 22.7 Å². The standard InChI is InChI=1S/C14H18N2OS/c17-14(10-16-5-7-18-8-6-16)12-9-15-13-4-2-1-3-11(12)13/h1-4,9,14-15,17H,5-8,10H2/p+1/t14-/m0/s1. The summed E-state index contributed by atoms with van der Waals surface area (Å²) in [4.78, 5) is 4.75. The summed E-state index contributed by atoms with van der Waals surface area (Å²) in [6.07, 6.45) is 1.59. The lowest BCUT2D eigenvalue weighted by Crippen LogP contribution is -3.14. The molecule has 0 spiro atoms. The number of quaternary nitrogens is 1. The molecule has 0 radical (unpaired) electrons. The minimum atomic E-state index is -0.362. The van der Waals surface area contributed by atoms with Crippen LogP contribution in [0.5, 0.6) is 0 Å². The molecule has 0 saturated carbocycles. The van der Waals surface area contributed by atoms with Crippen LogP contribution >= 0.6 is 11.8 Å². The van der Waals surface area contributed by atoms with E-state index >= 15 is 0 Å². The molecule has 18 heavy (non-hydrogen) atoms. The Kier molecular flexibility index (Phi) is 3.59. The average Bonchev–Trinajstić information content (AvgIpc) is 2.84. The van der Waals surface area contributed by atoms with Crippen molar-refractivity contribution in [2.24, 2.45) is 0 Å². The molecule has 1 saturated heterocycles. The van der Waals surface area contributed by atoms with Crippen LogP contribution < -0.4 is 4.90 Å². The molecule has 1 fully saturated rings. The number of hydrogen-bond donors (Lipinski definition) is 3. The fourth-order valence-electron chi connectivity index (χ4n) is 2.62. The summed E-state index contributed by atoms with van der Waals surface area (Å²) in [7, 11) is 0. The third-order valence-corrected chi connectivity index (χ3v) is 4.65. The number of hydrogen-bond acceptors (Lipinski definition) is 2. The molecule has 96 valence electrons. The third kappa shape index (κ3) is 2.41. The van der Waals surface area contributed by atoms with Gasteiger partial charge in [-0.2, -0.15) is 11.8 Å². The van der Waals surface area contributed by atoms with Gasteiger partial charge in [0.1, 0.15) is 12.6 Å². The molecule has 4 heteroatoms. The Morgan fingerprint density at radius 3 is 2.89 bits per heavy atom. The van der Waals surface area contributed by atoms with Crippen LogP contribution in [0.2, 0.25) is 0 Å². The first kappa shape index (κ1) is 12.1. The molecule has 3 N–H and O–H groups in total. The number of aromatic nitrogens is 1. The highest BCUT2D eigenvalue weighted by Gasteiger charge is 2.21. The summed E-state index contributed by atoms with van der Waals surface area (Å²) in [5.74, 6) is 2.44. The predicted molar refractivity (Wildman–Crippen MR) is 76.1 cm³/mol. The molecule has 1 aliphatic heterocycles. The normalized spacial score (nSPS) is 19.2. The third-order valence-electron chi connectivity index (χ3n) is 3.66. The summed E-state index contributed by atoms with van der Waals surface area (Å²) < 4.78 is 0. The summed E-state index contributed by atoms with van der Waals surface area (Å²) >= 11 is 2.02. The zero-order valence-corrected chi connectivity index (χ0v) is 11.2. The van der Waals surface area contributed by atoms with E-state index in [1.807, 2.05) is 30.1 Å². The topological polar surface area (TPSA) is 40.5 Å². The van der Waals surface area contributed by atoms with Crippen LogP contribution in [0.25, 0.3) is 10.9 Å². The van der Waals surface area contributed by atoms with Gasteiger partial charge in [-0.3, -0.25) is 0 Å². The minimum Gasteiger partial charge on any atom is -0.382 e. The number of aromatic amines is 1. The van der Waals surface area contributed by atoms with Gasteiger partial charge >= 0.3 is 0 Å². The van der Waals surface area contributed by atoms with Gasteiger partial charge in [-0.25, -0.2) is 0 Å². The van der Waals surface area contributed by atoms with Crippen molar-refractivity contribution in [1.82, 2.24) is 4.98 Å². The lowest BCUT2D eigenvalue weighted by Gasteiger charge is -2.25. The first-order valence-corrected chi connectivity index (χ1v) is 7.65. The van der Waals surface area contributed by atoms with Crippen molar-refractivity contribution in [3.8, 4) is 0 Å². The van der Waals surface area contributed by atoms with Gasteiger partial charge in [0.15, 0.2) is 0 Å². The lowest BCUT2D eigenvalue weighted by atomic mass is 10.1. The number of rotatable bonds is 3. The predicted octanol–water partition coefficient (Wildman–Crippen LogP) is 0.833. The Hall–Kier alpha value is -0.970. The van der Waals surface area contributed by atoms with Crippen molar-refractivity contribution in [3.63, 3.8) is 0 Å². The highest BCUT2D eigenvalue weighted by molar-refractivity contribution is 7.99. The van der Waals surface area contributed by atoms with Crippen LogP contribution in [0.1, 0.15) is 11.7 Å². The maximum absolute atomic E-state index is 10.4. The smallest absolute Gasteiger partial charge is 0.130 e. The average molecular weight is 263 g/mol. The van der Waals surface area contributed by atoms with Gasteiger partial charge in [0.2, 0.25) is 0 Å². The number of fused-ring (bicyclic) bond motifs is 1. The highest BCUT2D eigenvalue weighted by atomic mass is 32.2. The summed E-state index contributed by atoms with van der Waals surface area (Å²) in [6.45, 7) is 3.16. The number of aliphatic hydroxyl groups is 1. The summed E-state index contributed by atoms with van der Waals surface area (Å²) in [6, 6.07) is 8.17. The second kappa shape index (κ2) is 5.34. The minimum absolute atomic E-state index is 0.362. The molecule has 1 aromatic carbocycles. The Bertz CT molecular complexity index is 519. The van der Waals surface area contributed by atoms with Crippen LogP contribution in [-0.2, 0) is 0 Å².